The smallest absolute Gasteiger partial charge is 0.224 e. The Kier molecular flexibility index (Phi) is 3.78. The first-order valence-corrected chi connectivity index (χ1v) is 6.63. The predicted octanol–water partition coefficient (Wildman–Crippen LogP) is 2.63. The van der Waals surface area contributed by atoms with Crippen LogP contribution in [0.25, 0.3) is 10.2 Å². The fourth-order valence-corrected chi connectivity index (χ4v) is 2.67. The molecular weight excluding hydrogens is 248 g/mol. The highest BCUT2D eigenvalue weighted by Gasteiger charge is 2.08. The molecule has 2 rings (SSSR count). The van der Waals surface area contributed by atoms with Crippen molar-refractivity contribution in [1.82, 2.24) is 4.98 Å². The number of nitrogen functional groups attached to an aromatic ring is 1. The average Bonchev–Trinajstić information content (AvgIpc) is 2.72. The van der Waals surface area contributed by atoms with Crippen LogP contribution in [0, 0.1) is 6.92 Å². The molecule has 18 heavy (non-hydrogen) atoms. The van der Waals surface area contributed by atoms with E-state index in [1.54, 1.807) is 0 Å². The molecule has 1 heterocycles. The molecule has 2 aromatic rings. The highest BCUT2D eigenvalue weighted by molar-refractivity contribution is 7.22. The van der Waals surface area contributed by atoms with Gasteiger partial charge in [0.1, 0.15) is 0 Å². The lowest BCUT2D eigenvalue weighted by Gasteiger charge is -2.05. The summed E-state index contributed by atoms with van der Waals surface area (Å²) in [5.74, 6) is 5.39. The van der Waals surface area contributed by atoms with E-state index in [-0.39, 0.29) is 5.91 Å². The molecule has 1 aromatic heterocycles. The van der Waals surface area contributed by atoms with Gasteiger partial charge in [-0.05, 0) is 31.0 Å². The van der Waals surface area contributed by atoms with Gasteiger partial charge in [0, 0.05) is 12.1 Å². The molecule has 0 spiro atoms. The number of nitrogens with zero attached hydrogens (tertiary/aromatic N) is 1. The number of thiazole rings is 1. The quantitative estimate of drug-likeness (QED) is 0.586. The standard InChI is InChI=1S/C12H16N4OS/c1-3-4-10(17)14-8-5-7(2)11-9(6-8)18-12(15-11)16-13/h5-6H,3-4,13H2,1-2H3,(H,14,17)(H,15,16). The number of hydrogen-bond donors (Lipinski definition) is 3. The fraction of sp³-hybridized carbons (Fsp3) is 0.333. The molecule has 0 unspecified atom stereocenters. The number of nitrogens with one attached hydrogen (secondary N) is 2. The van der Waals surface area contributed by atoms with Crippen LogP contribution in [-0.4, -0.2) is 10.9 Å². The van der Waals surface area contributed by atoms with Crippen molar-refractivity contribution in [1.29, 1.82) is 0 Å². The van der Waals surface area contributed by atoms with Crippen molar-refractivity contribution in [2.75, 3.05) is 10.7 Å². The zero-order valence-electron chi connectivity index (χ0n) is 10.4. The number of carbonyl (C=O) groups is 1. The van der Waals surface area contributed by atoms with E-state index >= 15 is 0 Å². The Labute approximate surface area is 109 Å². The van der Waals surface area contributed by atoms with Gasteiger partial charge in [-0.25, -0.2) is 10.8 Å². The molecule has 4 N–H and O–H groups in total. The minimum absolute atomic E-state index is 0.0398. The van der Waals surface area contributed by atoms with E-state index < -0.39 is 0 Å². The first-order valence-electron chi connectivity index (χ1n) is 5.81. The number of aryl methyl sites for hydroxylation is 1. The zero-order chi connectivity index (χ0) is 13.1. The Morgan fingerprint density at radius 2 is 2.28 bits per heavy atom. The summed E-state index contributed by atoms with van der Waals surface area (Å²) in [5.41, 5.74) is 5.30. The second-order valence-corrected chi connectivity index (χ2v) is 5.13. The maximum absolute atomic E-state index is 11.6. The molecule has 1 aromatic carbocycles. The maximum Gasteiger partial charge on any atom is 0.224 e. The third-order valence-electron chi connectivity index (χ3n) is 2.57. The van der Waals surface area contributed by atoms with Crippen LogP contribution in [0.2, 0.25) is 0 Å². The molecule has 96 valence electrons. The van der Waals surface area contributed by atoms with Crippen LogP contribution >= 0.6 is 11.3 Å². The van der Waals surface area contributed by atoms with Gasteiger partial charge in [0.2, 0.25) is 5.91 Å². The molecule has 0 saturated carbocycles. The van der Waals surface area contributed by atoms with E-state index in [1.807, 2.05) is 26.0 Å². The summed E-state index contributed by atoms with van der Waals surface area (Å²) < 4.78 is 1.01. The van der Waals surface area contributed by atoms with Gasteiger partial charge in [0.25, 0.3) is 0 Å². The van der Waals surface area contributed by atoms with Crippen molar-refractivity contribution < 1.29 is 4.79 Å². The lowest BCUT2D eigenvalue weighted by Crippen LogP contribution is -2.10. The summed E-state index contributed by atoms with van der Waals surface area (Å²) in [5, 5.41) is 3.56. The molecule has 5 nitrogen and oxygen atoms in total. The summed E-state index contributed by atoms with van der Waals surface area (Å²) in [7, 11) is 0. The zero-order valence-corrected chi connectivity index (χ0v) is 11.2. The van der Waals surface area contributed by atoms with Crippen LogP contribution in [0.1, 0.15) is 25.3 Å². The highest BCUT2D eigenvalue weighted by atomic mass is 32.1. The number of anilines is 2. The van der Waals surface area contributed by atoms with Gasteiger partial charge in [-0.3, -0.25) is 10.2 Å². The first-order chi connectivity index (χ1) is 8.63. The van der Waals surface area contributed by atoms with Crippen LogP contribution in [0.4, 0.5) is 10.8 Å². The van der Waals surface area contributed by atoms with E-state index in [1.165, 1.54) is 11.3 Å². The lowest BCUT2D eigenvalue weighted by atomic mass is 10.2. The molecular formula is C12H16N4OS. The summed E-state index contributed by atoms with van der Waals surface area (Å²) in [6.45, 7) is 3.95. The highest BCUT2D eigenvalue weighted by Crippen LogP contribution is 2.30. The normalized spacial score (nSPS) is 10.6. The summed E-state index contributed by atoms with van der Waals surface area (Å²) in [6.07, 6.45) is 1.38. The van der Waals surface area contributed by atoms with Gasteiger partial charge < -0.3 is 5.32 Å². The van der Waals surface area contributed by atoms with Crippen LogP contribution in [-0.2, 0) is 4.79 Å². The Hall–Kier alpha value is -1.66. The molecule has 0 aliphatic heterocycles. The molecule has 0 aliphatic carbocycles. The first kappa shape index (κ1) is 12.8. The third kappa shape index (κ3) is 2.60. The van der Waals surface area contributed by atoms with E-state index in [2.05, 4.69) is 15.7 Å². The Balaban J connectivity index is 2.33. The molecule has 0 atom stereocenters. The van der Waals surface area contributed by atoms with Gasteiger partial charge in [-0.2, -0.15) is 0 Å². The van der Waals surface area contributed by atoms with Gasteiger partial charge >= 0.3 is 0 Å². The van der Waals surface area contributed by atoms with E-state index in [0.29, 0.717) is 11.6 Å². The van der Waals surface area contributed by atoms with Crippen molar-refractivity contribution >= 4 is 38.3 Å². The number of aromatic nitrogens is 1. The van der Waals surface area contributed by atoms with Crippen LogP contribution in [0.15, 0.2) is 12.1 Å². The minimum atomic E-state index is 0.0398. The topological polar surface area (TPSA) is 80.0 Å². The molecule has 6 heteroatoms. The van der Waals surface area contributed by atoms with E-state index in [0.717, 1.165) is 27.9 Å². The second kappa shape index (κ2) is 5.32. The Bertz CT molecular complexity index is 579. The van der Waals surface area contributed by atoms with Crippen molar-refractivity contribution in [3.63, 3.8) is 0 Å². The number of hydrazine groups is 1. The number of rotatable bonds is 4. The van der Waals surface area contributed by atoms with Gasteiger partial charge in [0.05, 0.1) is 10.2 Å². The van der Waals surface area contributed by atoms with Crippen molar-refractivity contribution in [2.24, 2.45) is 5.84 Å². The Morgan fingerprint density at radius 3 is 2.94 bits per heavy atom. The third-order valence-corrected chi connectivity index (χ3v) is 3.50. The van der Waals surface area contributed by atoms with Crippen LogP contribution in [0.3, 0.4) is 0 Å². The van der Waals surface area contributed by atoms with E-state index in [9.17, 15) is 4.79 Å². The summed E-state index contributed by atoms with van der Waals surface area (Å²) >= 11 is 1.47. The number of amides is 1. The van der Waals surface area contributed by atoms with Gasteiger partial charge in [0.15, 0.2) is 5.13 Å². The number of hydrogen-bond acceptors (Lipinski definition) is 5. The lowest BCUT2D eigenvalue weighted by molar-refractivity contribution is -0.116. The average molecular weight is 264 g/mol. The number of nitrogens with two attached hydrogens (primary N) is 1. The van der Waals surface area contributed by atoms with Crippen molar-refractivity contribution in [2.45, 2.75) is 26.7 Å². The second-order valence-electron chi connectivity index (χ2n) is 4.10. The van der Waals surface area contributed by atoms with Crippen LogP contribution < -0.4 is 16.6 Å². The fourth-order valence-electron chi connectivity index (χ4n) is 1.78. The summed E-state index contributed by atoms with van der Waals surface area (Å²) in [4.78, 5) is 15.9. The summed E-state index contributed by atoms with van der Waals surface area (Å²) in [6, 6.07) is 3.85. The van der Waals surface area contributed by atoms with Crippen molar-refractivity contribution in [3.05, 3.63) is 17.7 Å². The predicted molar refractivity (Wildman–Crippen MR) is 75.7 cm³/mol. The molecule has 0 radical (unpaired) electrons. The molecule has 1 amide bonds. The number of fused-ring (bicyclic) bond motifs is 1. The van der Waals surface area contributed by atoms with E-state index in [4.69, 9.17) is 5.84 Å². The number of benzene rings is 1. The monoisotopic (exact) mass is 264 g/mol. The van der Waals surface area contributed by atoms with Gasteiger partial charge in [-0.1, -0.05) is 18.3 Å². The molecule has 0 saturated heterocycles. The van der Waals surface area contributed by atoms with Crippen molar-refractivity contribution in [3.8, 4) is 0 Å². The maximum atomic E-state index is 11.6. The van der Waals surface area contributed by atoms with Crippen LogP contribution in [0.5, 0.6) is 0 Å². The molecule has 0 aliphatic rings. The molecule has 0 bridgehead atoms. The van der Waals surface area contributed by atoms with Gasteiger partial charge in [-0.15, -0.1) is 0 Å². The number of carbonyl (C=O) groups excluding carboxylic acids is 1. The minimum Gasteiger partial charge on any atom is -0.326 e. The SMILES string of the molecule is CCCC(=O)Nc1cc(C)c2nc(NN)sc2c1. The molecule has 0 fully saturated rings. The Morgan fingerprint density at radius 1 is 1.50 bits per heavy atom. The largest absolute Gasteiger partial charge is 0.326 e.